The second kappa shape index (κ2) is 10.6. The molecule has 4 rings (SSSR count). The topological polar surface area (TPSA) is 93.5 Å². The second-order valence-corrected chi connectivity index (χ2v) is 10.6. The van der Waals surface area contributed by atoms with Gasteiger partial charge in [-0.25, -0.2) is 8.42 Å². The Morgan fingerprint density at radius 2 is 1.77 bits per heavy atom. The van der Waals surface area contributed by atoms with Gasteiger partial charge in [-0.05, 0) is 57.4 Å². The van der Waals surface area contributed by atoms with Gasteiger partial charge < -0.3 is 10.1 Å². The van der Waals surface area contributed by atoms with Gasteiger partial charge in [-0.2, -0.15) is 9.40 Å². The number of benzene rings is 2. The molecular weight excluding hydrogens is 464 g/mol. The van der Waals surface area contributed by atoms with Crippen LogP contribution in [0.25, 0.3) is 0 Å². The van der Waals surface area contributed by atoms with Gasteiger partial charge in [0.15, 0.2) is 0 Å². The van der Waals surface area contributed by atoms with E-state index in [-0.39, 0.29) is 10.8 Å². The number of ether oxygens (including phenoxy) is 1. The number of nitrogens with one attached hydrogen (secondary N) is 1. The van der Waals surface area contributed by atoms with Crippen LogP contribution in [0.3, 0.4) is 0 Å². The number of aromatic nitrogens is 2. The van der Waals surface area contributed by atoms with Crippen LogP contribution in [0.15, 0.2) is 53.4 Å². The molecule has 0 aliphatic carbocycles. The third kappa shape index (κ3) is 5.41. The minimum Gasteiger partial charge on any atom is -0.492 e. The first-order chi connectivity index (χ1) is 16.8. The first kappa shape index (κ1) is 24.9. The standard InChI is InChI=1S/C26H32N4O4S/c1-4-34-23-14-13-22(17-24(23)35(32,33)29-15-9-6-10-16-29)27-26(31)25-19(2)28-30(20(25)3)18-21-11-7-5-8-12-21/h5,7-8,11-14,17H,4,6,9-10,15-16,18H2,1-3H3,(H,27,31). The van der Waals surface area contributed by atoms with Crippen LogP contribution in [0, 0.1) is 13.8 Å². The minimum absolute atomic E-state index is 0.0762. The fraction of sp³-hybridized carbons (Fsp3) is 0.385. The Morgan fingerprint density at radius 3 is 2.46 bits per heavy atom. The van der Waals surface area contributed by atoms with Crippen molar-refractivity contribution in [1.82, 2.24) is 14.1 Å². The van der Waals surface area contributed by atoms with Crippen molar-refractivity contribution >= 4 is 21.6 Å². The molecule has 0 atom stereocenters. The van der Waals surface area contributed by atoms with Crippen LogP contribution in [-0.4, -0.2) is 48.1 Å². The molecule has 186 valence electrons. The number of carbonyl (C=O) groups is 1. The molecule has 1 aliphatic rings. The van der Waals surface area contributed by atoms with E-state index in [4.69, 9.17) is 4.74 Å². The molecule has 2 heterocycles. The zero-order valence-electron chi connectivity index (χ0n) is 20.5. The van der Waals surface area contributed by atoms with Gasteiger partial charge in [0, 0.05) is 24.5 Å². The molecular formula is C26H32N4O4S. The summed E-state index contributed by atoms with van der Waals surface area (Å²) in [6, 6.07) is 14.7. The summed E-state index contributed by atoms with van der Waals surface area (Å²) in [4.78, 5) is 13.3. The van der Waals surface area contributed by atoms with Crippen molar-refractivity contribution in [1.29, 1.82) is 0 Å². The maximum absolute atomic E-state index is 13.4. The van der Waals surface area contributed by atoms with Gasteiger partial charge in [-0.1, -0.05) is 36.8 Å². The van der Waals surface area contributed by atoms with Crippen molar-refractivity contribution < 1.29 is 17.9 Å². The van der Waals surface area contributed by atoms with Crippen molar-refractivity contribution in [3.8, 4) is 5.75 Å². The van der Waals surface area contributed by atoms with E-state index in [1.165, 1.54) is 10.4 Å². The molecule has 2 aromatic carbocycles. The smallest absolute Gasteiger partial charge is 0.259 e. The summed E-state index contributed by atoms with van der Waals surface area (Å²) in [7, 11) is -3.74. The minimum atomic E-state index is -3.74. The van der Waals surface area contributed by atoms with Crippen LogP contribution in [0.5, 0.6) is 5.75 Å². The Morgan fingerprint density at radius 1 is 1.06 bits per heavy atom. The van der Waals surface area contributed by atoms with Gasteiger partial charge in [-0.15, -0.1) is 0 Å². The zero-order valence-corrected chi connectivity index (χ0v) is 21.3. The third-order valence-corrected chi connectivity index (χ3v) is 8.14. The maximum atomic E-state index is 13.4. The molecule has 0 saturated carbocycles. The lowest BCUT2D eigenvalue weighted by Crippen LogP contribution is -2.35. The maximum Gasteiger partial charge on any atom is 0.259 e. The highest BCUT2D eigenvalue weighted by molar-refractivity contribution is 7.89. The van der Waals surface area contributed by atoms with Crippen molar-refractivity contribution in [2.24, 2.45) is 0 Å². The molecule has 0 bridgehead atoms. The first-order valence-electron chi connectivity index (χ1n) is 12.0. The number of carbonyl (C=O) groups excluding carboxylic acids is 1. The molecule has 0 unspecified atom stereocenters. The summed E-state index contributed by atoms with van der Waals surface area (Å²) < 4.78 is 35.7. The van der Waals surface area contributed by atoms with E-state index in [0.717, 1.165) is 30.5 Å². The fourth-order valence-corrected chi connectivity index (χ4v) is 6.11. The number of piperidine rings is 1. The van der Waals surface area contributed by atoms with E-state index < -0.39 is 10.0 Å². The average Bonchev–Trinajstić information content (AvgIpc) is 3.13. The SMILES string of the molecule is CCOc1ccc(NC(=O)c2c(C)nn(Cc3ccccc3)c2C)cc1S(=O)(=O)N1CCCCC1. The molecule has 0 radical (unpaired) electrons. The molecule has 9 heteroatoms. The van der Waals surface area contributed by atoms with E-state index in [1.807, 2.05) is 48.9 Å². The van der Waals surface area contributed by atoms with Crippen LogP contribution in [0.1, 0.15) is 53.5 Å². The Bertz CT molecular complexity index is 1300. The highest BCUT2D eigenvalue weighted by Gasteiger charge is 2.30. The molecule has 1 saturated heterocycles. The fourth-order valence-electron chi connectivity index (χ4n) is 4.44. The van der Waals surface area contributed by atoms with Gasteiger partial charge >= 0.3 is 0 Å². The Labute approximate surface area is 207 Å². The molecule has 1 aliphatic heterocycles. The zero-order chi connectivity index (χ0) is 25.0. The lowest BCUT2D eigenvalue weighted by molar-refractivity contribution is 0.102. The number of nitrogens with zero attached hydrogens (tertiary/aromatic N) is 3. The molecule has 8 nitrogen and oxygen atoms in total. The average molecular weight is 497 g/mol. The normalized spacial score (nSPS) is 14.6. The summed E-state index contributed by atoms with van der Waals surface area (Å²) in [6.45, 7) is 7.35. The van der Waals surface area contributed by atoms with E-state index in [9.17, 15) is 13.2 Å². The van der Waals surface area contributed by atoms with E-state index in [1.54, 1.807) is 19.1 Å². The van der Waals surface area contributed by atoms with Gasteiger partial charge in [-0.3, -0.25) is 9.48 Å². The van der Waals surface area contributed by atoms with Gasteiger partial charge in [0.2, 0.25) is 10.0 Å². The van der Waals surface area contributed by atoms with Crippen molar-refractivity contribution in [2.45, 2.75) is 51.5 Å². The van der Waals surface area contributed by atoms with Crippen molar-refractivity contribution in [2.75, 3.05) is 25.0 Å². The summed E-state index contributed by atoms with van der Waals surface area (Å²) >= 11 is 0. The van der Waals surface area contributed by atoms with Gasteiger partial charge in [0.05, 0.1) is 24.4 Å². The van der Waals surface area contributed by atoms with Crippen LogP contribution in [0.2, 0.25) is 0 Å². The van der Waals surface area contributed by atoms with Crippen LogP contribution < -0.4 is 10.1 Å². The largest absolute Gasteiger partial charge is 0.492 e. The van der Waals surface area contributed by atoms with Crippen molar-refractivity contribution in [3.05, 3.63) is 71.0 Å². The highest BCUT2D eigenvalue weighted by Crippen LogP contribution is 2.32. The van der Waals surface area contributed by atoms with E-state index >= 15 is 0 Å². The summed E-state index contributed by atoms with van der Waals surface area (Å²) in [5.74, 6) is -0.0380. The van der Waals surface area contributed by atoms with Gasteiger partial charge in [0.1, 0.15) is 10.6 Å². The Hall–Kier alpha value is -3.17. The summed E-state index contributed by atoms with van der Waals surface area (Å²) in [5, 5.41) is 7.43. The Balaban J connectivity index is 1.61. The number of hydrogen-bond acceptors (Lipinski definition) is 5. The van der Waals surface area contributed by atoms with Crippen LogP contribution in [-0.2, 0) is 16.6 Å². The van der Waals surface area contributed by atoms with Crippen LogP contribution >= 0.6 is 0 Å². The van der Waals surface area contributed by atoms with Gasteiger partial charge in [0.25, 0.3) is 5.91 Å². The second-order valence-electron chi connectivity index (χ2n) is 8.70. The molecule has 3 aromatic rings. The quantitative estimate of drug-likeness (QED) is 0.500. The number of hydrogen-bond donors (Lipinski definition) is 1. The van der Waals surface area contributed by atoms with Crippen molar-refractivity contribution in [3.63, 3.8) is 0 Å². The molecule has 1 fully saturated rings. The monoisotopic (exact) mass is 496 g/mol. The number of anilines is 1. The molecule has 0 spiro atoms. The number of aryl methyl sites for hydroxylation is 1. The number of rotatable bonds is 8. The molecule has 1 aromatic heterocycles. The predicted octanol–water partition coefficient (Wildman–Crippen LogP) is 4.37. The molecule has 1 amide bonds. The molecule has 1 N–H and O–H groups in total. The Kier molecular flexibility index (Phi) is 7.57. The van der Waals surface area contributed by atoms with E-state index in [0.29, 0.717) is 48.9 Å². The lowest BCUT2D eigenvalue weighted by Gasteiger charge is -2.27. The number of amides is 1. The predicted molar refractivity (Wildman–Crippen MR) is 135 cm³/mol. The highest BCUT2D eigenvalue weighted by atomic mass is 32.2. The number of sulfonamides is 1. The molecule has 35 heavy (non-hydrogen) atoms. The van der Waals surface area contributed by atoms with Crippen LogP contribution in [0.4, 0.5) is 5.69 Å². The lowest BCUT2D eigenvalue weighted by atomic mass is 10.1. The third-order valence-electron chi connectivity index (χ3n) is 6.22. The summed E-state index contributed by atoms with van der Waals surface area (Å²) in [5.41, 5.74) is 3.32. The van der Waals surface area contributed by atoms with E-state index in [2.05, 4.69) is 10.4 Å². The summed E-state index contributed by atoms with van der Waals surface area (Å²) in [6.07, 6.45) is 2.70. The first-order valence-corrected chi connectivity index (χ1v) is 13.4.